The van der Waals surface area contributed by atoms with Crippen LogP contribution in [0.15, 0.2) is 11.8 Å². The lowest BCUT2D eigenvalue weighted by atomic mass is 10.1. The standard InChI is InChI=1S/C12H22ClNO2/c1-10(2)7-11(3)9-14(5-6-16-4)12(15)8-13/h9-10H,5-8H2,1-4H3. The lowest BCUT2D eigenvalue weighted by molar-refractivity contribution is -0.126. The first-order chi connectivity index (χ1) is 7.51. The molecule has 0 unspecified atom stereocenters. The summed E-state index contributed by atoms with van der Waals surface area (Å²) in [7, 11) is 1.62. The van der Waals surface area contributed by atoms with Crippen LogP contribution in [0.2, 0.25) is 0 Å². The molecule has 0 bridgehead atoms. The van der Waals surface area contributed by atoms with Crippen molar-refractivity contribution >= 4 is 17.5 Å². The number of methoxy groups -OCH3 is 1. The molecule has 16 heavy (non-hydrogen) atoms. The summed E-state index contributed by atoms with van der Waals surface area (Å²) in [6.07, 6.45) is 2.86. The van der Waals surface area contributed by atoms with Gasteiger partial charge in [-0.2, -0.15) is 0 Å². The largest absolute Gasteiger partial charge is 0.383 e. The van der Waals surface area contributed by atoms with Crippen molar-refractivity contribution in [3.8, 4) is 0 Å². The molecule has 0 saturated carbocycles. The predicted octanol–water partition coefficient (Wildman–Crippen LogP) is 2.65. The number of carbonyl (C=O) groups excluding carboxylic acids is 1. The number of amides is 1. The van der Waals surface area contributed by atoms with E-state index in [9.17, 15) is 4.79 Å². The second-order valence-corrected chi connectivity index (χ2v) is 4.55. The van der Waals surface area contributed by atoms with Crippen LogP contribution in [0.25, 0.3) is 0 Å². The van der Waals surface area contributed by atoms with E-state index in [0.717, 1.165) is 6.42 Å². The molecule has 3 nitrogen and oxygen atoms in total. The summed E-state index contributed by atoms with van der Waals surface area (Å²) in [4.78, 5) is 13.2. The van der Waals surface area contributed by atoms with Gasteiger partial charge in [0.1, 0.15) is 5.88 Å². The zero-order valence-corrected chi connectivity index (χ0v) is 11.4. The molecule has 0 aromatic rings. The normalized spacial score (nSPS) is 12.0. The average Bonchev–Trinajstić information content (AvgIpc) is 2.21. The number of alkyl halides is 1. The van der Waals surface area contributed by atoms with Crippen molar-refractivity contribution in [3.63, 3.8) is 0 Å². The minimum atomic E-state index is -0.0816. The van der Waals surface area contributed by atoms with Gasteiger partial charge in [0.05, 0.1) is 6.61 Å². The number of rotatable bonds is 7. The van der Waals surface area contributed by atoms with Gasteiger partial charge in [0.2, 0.25) is 5.91 Å². The lowest BCUT2D eigenvalue weighted by Gasteiger charge is -2.18. The highest BCUT2D eigenvalue weighted by Crippen LogP contribution is 2.11. The van der Waals surface area contributed by atoms with Crippen LogP contribution < -0.4 is 0 Å². The first-order valence-corrected chi connectivity index (χ1v) is 6.06. The molecule has 0 aliphatic rings. The number of allylic oxidation sites excluding steroid dienone is 1. The van der Waals surface area contributed by atoms with Gasteiger partial charge in [-0.25, -0.2) is 0 Å². The highest BCUT2D eigenvalue weighted by Gasteiger charge is 2.10. The fraction of sp³-hybridized carbons (Fsp3) is 0.750. The number of hydrogen-bond acceptors (Lipinski definition) is 2. The second kappa shape index (κ2) is 8.59. The summed E-state index contributed by atoms with van der Waals surface area (Å²) >= 11 is 5.55. The first-order valence-electron chi connectivity index (χ1n) is 5.53. The molecule has 0 heterocycles. The molecule has 94 valence electrons. The van der Waals surface area contributed by atoms with Crippen molar-refractivity contribution in [2.75, 3.05) is 26.1 Å². The van der Waals surface area contributed by atoms with Gasteiger partial charge < -0.3 is 9.64 Å². The molecular weight excluding hydrogens is 226 g/mol. The van der Waals surface area contributed by atoms with Crippen LogP contribution in [-0.2, 0) is 9.53 Å². The Morgan fingerprint density at radius 3 is 2.56 bits per heavy atom. The summed E-state index contributed by atoms with van der Waals surface area (Å²) < 4.78 is 4.96. The van der Waals surface area contributed by atoms with Crippen molar-refractivity contribution in [2.45, 2.75) is 27.2 Å². The van der Waals surface area contributed by atoms with Crippen molar-refractivity contribution < 1.29 is 9.53 Å². The van der Waals surface area contributed by atoms with Crippen LogP contribution in [-0.4, -0.2) is 36.9 Å². The molecule has 0 aliphatic heterocycles. The second-order valence-electron chi connectivity index (χ2n) is 4.29. The fourth-order valence-corrected chi connectivity index (χ4v) is 1.64. The molecule has 0 N–H and O–H groups in total. The summed E-state index contributed by atoms with van der Waals surface area (Å²) in [5.41, 5.74) is 1.18. The highest BCUT2D eigenvalue weighted by molar-refractivity contribution is 6.27. The van der Waals surface area contributed by atoms with E-state index < -0.39 is 0 Å². The highest BCUT2D eigenvalue weighted by atomic mass is 35.5. The van der Waals surface area contributed by atoms with Gasteiger partial charge in [0, 0.05) is 19.9 Å². The monoisotopic (exact) mass is 247 g/mol. The molecule has 0 saturated heterocycles. The summed E-state index contributed by atoms with van der Waals surface area (Å²) in [6, 6.07) is 0. The Bertz CT molecular complexity index is 239. The first kappa shape index (κ1) is 15.5. The van der Waals surface area contributed by atoms with E-state index in [0.29, 0.717) is 19.1 Å². The zero-order chi connectivity index (χ0) is 12.6. The van der Waals surface area contributed by atoms with Gasteiger partial charge in [0.15, 0.2) is 0 Å². The fourth-order valence-electron chi connectivity index (χ4n) is 1.49. The van der Waals surface area contributed by atoms with Gasteiger partial charge >= 0.3 is 0 Å². The van der Waals surface area contributed by atoms with Crippen LogP contribution >= 0.6 is 11.6 Å². The van der Waals surface area contributed by atoms with Crippen LogP contribution in [0.4, 0.5) is 0 Å². The third kappa shape index (κ3) is 6.85. The zero-order valence-electron chi connectivity index (χ0n) is 10.6. The Morgan fingerprint density at radius 1 is 1.50 bits per heavy atom. The molecule has 4 heteroatoms. The van der Waals surface area contributed by atoms with E-state index in [-0.39, 0.29) is 11.8 Å². The van der Waals surface area contributed by atoms with Crippen LogP contribution in [0.1, 0.15) is 27.2 Å². The Hall–Kier alpha value is -0.540. The third-order valence-electron chi connectivity index (χ3n) is 2.08. The number of halogens is 1. The van der Waals surface area contributed by atoms with Crippen molar-refractivity contribution in [1.29, 1.82) is 0 Å². The van der Waals surface area contributed by atoms with Gasteiger partial charge in [-0.15, -0.1) is 11.6 Å². The maximum atomic E-state index is 11.5. The van der Waals surface area contributed by atoms with Crippen LogP contribution in [0.3, 0.4) is 0 Å². The molecule has 0 aliphatic carbocycles. The summed E-state index contributed by atoms with van der Waals surface area (Å²) in [5.74, 6) is 0.517. The SMILES string of the molecule is COCCN(C=C(C)CC(C)C)C(=O)CCl. The molecule has 0 fully saturated rings. The Kier molecular flexibility index (Phi) is 8.30. The summed E-state index contributed by atoms with van der Waals surface area (Å²) in [5, 5.41) is 0. The molecule has 0 aromatic carbocycles. The molecule has 0 rings (SSSR count). The van der Waals surface area contributed by atoms with E-state index in [1.54, 1.807) is 12.0 Å². The maximum Gasteiger partial charge on any atom is 0.241 e. The average molecular weight is 248 g/mol. The van der Waals surface area contributed by atoms with Crippen LogP contribution in [0, 0.1) is 5.92 Å². The van der Waals surface area contributed by atoms with E-state index in [1.807, 2.05) is 13.1 Å². The molecule has 0 atom stereocenters. The van der Waals surface area contributed by atoms with E-state index in [4.69, 9.17) is 16.3 Å². The quantitative estimate of drug-likeness (QED) is 0.648. The van der Waals surface area contributed by atoms with Gasteiger partial charge in [-0.05, 0) is 19.3 Å². The summed E-state index contributed by atoms with van der Waals surface area (Å²) in [6.45, 7) is 7.41. The minimum Gasteiger partial charge on any atom is -0.383 e. The smallest absolute Gasteiger partial charge is 0.241 e. The Balaban J connectivity index is 4.44. The number of carbonyl (C=O) groups is 1. The number of hydrogen-bond donors (Lipinski definition) is 0. The van der Waals surface area contributed by atoms with Gasteiger partial charge in [0.25, 0.3) is 0 Å². The Morgan fingerprint density at radius 2 is 2.12 bits per heavy atom. The lowest BCUT2D eigenvalue weighted by Crippen LogP contribution is -2.30. The number of nitrogens with zero attached hydrogens (tertiary/aromatic N) is 1. The van der Waals surface area contributed by atoms with E-state index >= 15 is 0 Å². The predicted molar refractivity (Wildman–Crippen MR) is 67.5 cm³/mol. The third-order valence-corrected chi connectivity index (χ3v) is 2.31. The number of ether oxygens (including phenoxy) is 1. The van der Waals surface area contributed by atoms with Crippen molar-refractivity contribution in [2.24, 2.45) is 5.92 Å². The van der Waals surface area contributed by atoms with E-state index in [1.165, 1.54) is 5.57 Å². The van der Waals surface area contributed by atoms with Crippen molar-refractivity contribution in [1.82, 2.24) is 4.90 Å². The van der Waals surface area contributed by atoms with Gasteiger partial charge in [-0.3, -0.25) is 4.79 Å². The maximum absolute atomic E-state index is 11.5. The van der Waals surface area contributed by atoms with Gasteiger partial charge in [-0.1, -0.05) is 19.4 Å². The molecule has 1 amide bonds. The van der Waals surface area contributed by atoms with Crippen LogP contribution in [0.5, 0.6) is 0 Å². The molecule has 0 spiro atoms. The molecular formula is C12H22ClNO2. The molecule has 0 aromatic heterocycles. The Labute approximate surface area is 103 Å². The minimum absolute atomic E-state index is 0.00910. The van der Waals surface area contributed by atoms with E-state index in [2.05, 4.69) is 13.8 Å². The van der Waals surface area contributed by atoms with Crippen molar-refractivity contribution in [3.05, 3.63) is 11.8 Å². The molecule has 0 radical (unpaired) electrons. The topological polar surface area (TPSA) is 29.5 Å².